The fourth-order valence-electron chi connectivity index (χ4n) is 1.18. The summed E-state index contributed by atoms with van der Waals surface area (Å²) in [5.41, 5.74) is 0.655. The van der Waals surface area contributed by atoms with E-state index in [2.05, 4.69) is 11.4 Å². The molecule has 1 atom stereocenters. The number of nitriles is 1. The van der Waals surface area contributed by atoms with Gasteiger partial charge in [-0.25, -0.2) is 4.39 Å². The molecule has 0 aromatic heterocycles. The van der Waals surface area contributed by atoms with Gasteiger partial charge in [-0.15, -0.1) is 0 Å². The Hall–Kier alpha value is -1.21. The molecule has 80 valence electrons. The summed E-state index contributed by atoms with van der Waals surface area (Å²) in [6.45, 7) is 0. The van der Waals surface area contributed by atoms with Gasteiger partial charge >= 0.3 is 0 Å². The number of thioether (sulfide) groups is 1. The van der Waals surface area contributed by atoms with E-state index in [9.17, 15) is 4.39 Å². The third kappa shape index (κ3) is 4.22. The van der Waals surface area contributed by atoms with Gasteiger partial charge in [-0.2, -0.15) is 17.0 Å². The number of nitrogens with zero attached hydrogens (tertiary/aromatic N) is 1. The van der Waals surface area contributed by atoms with Crippen molar-refractivity contribution in [3.8, 4) is 6.07 Å². The lowest BCUT2D eigenvalue weighted by Crippen LogP contribution is -2.17. The minimum absolute atomic E-state index is 0.251. The van der Waals surface area contributed by atoms with Gasteiger partial charge < -0.3 is 5.32 Å². The van der Waals surface area contributed by atoms with Crippen LogP contribution in [0.15, 0.2) is 24.3 Å². The van der Waals surface area contributed by atoms with Crippen LogP contribution in [0.25, 0.3) is 0 Å². The van der Waals surface area contributed by atoms with Crippen molar-refractivity contribution < 1.29 is 4.39 Å². The molecule has 1 unspecified atom stereocenters. The Bertz CT molecular complexity index is 349. The molecule has 0 fully saturated rings. The fourth-order valence-corrected chi connectivity index (χ4v) is 1.66. The highest BCUT2D eigenvalue weighted by Crippen LogP contribution is 2.12. The van der Waals surface area contributed by atoms with Crippen LogP contribution in [0, 0.1) is 17.1 Å². The number of hydrogen-bond donors (Lipinski definition) is 1. The van der Waals surface area contributed by atoms with Crippen LogP contribution >= 0.6 is 11.8 Å². The predicted molar refractivity (Wildman–Crippen MR) is 62.4 cm³/mol. The summed E-state index contributed by atoms with van der Waals surface area (Å²) in [4.78, 5) is 0. The molecule has 1 N–H and O–H groups in total. The first kappa shape index (κ1) is 11.9. The van der Waals surface area contributed by atoms with E-state index in [1.54, 1.807) is 23.9 Å². The van der Waals surface area contributed by atoms with Crippen molar-refractivity contribution in [1.29, 1.82) is 5.26 Å². The predicted octanol–water partition coefficient (Wildman–Crippen LogP) is 2.88. The smallest absolute Gasteiger partial charge is 0.125 e. The maximum absolute atomic E-state index is 12.8. The Kier molecular flexibility index (Phi) is 4.99. The number of benzene rings is 1. The zero-order chi connectivity index (χ0) is 11.1. The zero-order valence-electron chi connectivity index (χ0n) is 8.53. The van der Waals surface area contributed by atoms with Gasteiger partial charge in [0.15, 0.2) is 0 Å². The van der Waals surface area contributed by atoms with E-state index in [4.69, 9.17) is 5.26 Å². The number of rotatable bonds is 5. The van der Waals surface area contributed by atoms with Crippen LogP contribution in [0.4, 0.5) is 10.1 Å². The molecule has 1 aromatic rings. The minimum atomic E-state index is -0.290. The van der Waals surface area contributed by atoms with Gasteiger partial charge in [-0.3, -0.25) is 0 Å². The van der Waals surface area contributed by atoms with Crippen LogP contribution in [0.2, 0.25) is 0 Å². The van der Waals surface area contributed by atoms with Crippen molar-refractivity contribution in [1.82, 2.24) is 0 Å². The van der Waals surface area contributed by atoms with Crippen LogP contribution in [-0.2, 0) is 0 Å². The van der Waals surface area contributed by atoms with Crippen molar-refractivity contribution in [2.24, 2.45) is 0 Å². The Balaban J connectivity index is 2.55. The molecule has 15 heavy (non-hydrogen) atoms. The van der Waals surface area contributed by atoms with Crippen molar-refractivity contribution in [3.63, 3.8) is 0 Å². The normalized spacial score (nSPS) is 11.8. The SMILES string of the molecule is CSCCC(C#N)Nc1cccc(F)c1. The molecular formula is C11H13FN2S. The molecule has 1 aromatic carbocycles. The van der Waals surface area contributed by atoms with Crippen LogP contribution in [0.1, 0.15) is 6.42 Å². The Morgan fingerprint density at radius 2 is 2.40 bits per heavy atom. The Morgan fingerprint density at radius 3 is 3.00 bits per heavy atom. The minimum Gasteiger partial charge on any atom is -0.370 e. The molecule has 0 bridgehead atoms. The number of hydrogen-bond acceptors (Lipinski definition) is 3. The average Bonchev–Trinajstić information content (AvgIpc) is 2.24. The summed E-state index contributed by atoms with van der Waals surface area (Å²) < 4.78 is 12.8. The maximum Gasteiger partial charge on any atom is 0.125 e. The summed E-state index contributed by atoms with van der Waals surface area (Å²) in [6, 6.07) is 8.07. The monoisotopic (exact) mass is 224 g/mol. The van der Waals surface area contributed by atoms with Gasteiger partial charge in [0.25, 0.3) is 0 Å². The van der Waals surface area contributed by atoms with Gasteiger partial charge in [0, 0.05) is 5.69 Å². The van der Waals surface area contributed by atoms with E-state index < -0.39 is 0 Å². The molecule has 0 amide bonds. The third-order valence-electron chi connectivity index (χ3n) is 1.93. The first-order valence-electron chi connectivity index (χ1n) is 4.67. The lowest BCUT2D eigenvalue weighted by molar-refractivity contribution is 0.628. The highest BCUT2D eigenvalue weighted by atomic mass is 32.2. The van der Waals surface area contributed by atoms with Crippen molar-refractivity contribution in [3.05, 3.63) is 30.1 Å². The third-order valence-corrected chi connectivity index (χ3v) is 2.58. The molecule has 0 radical (unpaired) electrons. The molecule has 1 rings (SSSR count). The van der Waals surface area contributed by atoms with Gasteiger partial charge in [0.2, 0.25) is 0 Å². The molecule has 0 saturated heterocycles. The summed E-state index contributed by atoms with van der Waals surface area (Å²) >= 11 is 1.69. The van der Waals surface area contributed by atoms with Crippen LogP contribution in [0.3, 0.4) is 0 Å². The second-order valence-corrected chi connectivity index (χ2v) is 4.10. The molecule has 0 heterocycles. The Morgan fingerprint density at radius 1 is 1.60 bits per heavy atom. The Labute approximate surface area is 93.5 Å². The second-order valence-electron chi connectivity index (χ2n) is 3.12. The standard InChI is InChI=1S/C11H13FN2S/c1-15-6-5-11(8-13)14-10-4-2-3-9(12)7-10/h2-4,7,11,14H,5-6H2,1H3. The topological polar surface area (TPSA) is 35.8 Å². The number of halogens is 1. The second kappa shape index (κ2) is 6.31. The highest BCUT2D eigenvalue weighted by Gasteiger charge is 2.06. The highest BCUT2D eigenvalue weighted by molar-refractivity contribution is 7.98. The summed E-state index contributed by atoms with van der Waals surface area (Å²) in [7, 11) is 0. The van der Waals surface area contributed by atoms with Crippen molar-refractivity contribution in [2.75, 3.05) is 17.3 Å². The van der Waals surface area contributed by atoms with E-state index >= 15 is 0 Å². The van der Waals surface area contributed by atoms with Gasteiger partial charge in [-0.1, -0.05) is 6.07 Å². The van der Waals surface area contributed by atoms with Crippen molar-refractivity contribution >= 4 is 17.4 Å². The average molecular weight is 224 g/mol. The van der Waals surface area contributed by atoms with E-state index in [-0.39, 0.29) is 11.9 Å². The number of nitrogens with one attached hydrogen (secondary N) is 1. The molecule has 0 aliphatic carbocycles. The maximum atomic E-state index is 12.8. The summed E-state index contributed by atoms with van der Waals surface area (Å²) in [6.07, 6.45) is 2.75. The largest absolute Gasteiger partial charge is 0.370 e. The van der Waals surface area contributed by atoms with Crippen LogP contribution in [0.5, 0.6) is 0 Å². The summed E-state index contributed by atoms with van der Waals surface area (Å²) in [5.74, 6) is 0.627. The lowest BCUT2D eigenvalue weighted by Gasteiger charge is -2.11. The van der Waals surface area contributed by atoms with Crippen LogP contribution in [-0.4, -0.2) is 18.1 Å². The molecule has 0 aliphatic heterocycles. The lowest BCUT2D eigenvalue weighted by atomic mass is 10.2. The quantitative estimate of drug-likeness (QED) is 0.835. The van der Waals surface area contributed by atoms with Crippen LogP contribution < -0.4 is 5.32 Å². The van der Waals surface area contributed by atoms with E-state index in [0.29, 0.717) is 5.69 Å². The van der Waals surface area contributed by atoms with Gasteiger partial charge in [0.05, 0.1) is 6.07 Å². The molecule has 0 aliphatic rings. The molecule has 0 saturated carbocycles. The molecule has 2 nitrogen and oxygen atoms in total. The first-order valence-corrected chi connectivity index (χ1v) is 6.06. The molecule has 4 heteroatoms. The van der Waals surface area contributed by atoms with Crippen molar-refractivity contribution in [2.45, 2.75) is 12.5 Å². The van der Waals surface area contributed by atoms with E-state index in [1.165, 1.54) is 12.1 Å². The number of anilines is 1. The summed E-state index contributed by atoms with van der Waals surface area (Å²) in [5, 5.41) is 11.9. The van der Waals surface area contributed by atoms with E-state index in [1.807, 2.05) is 6.26 Å². The first-order chi connectivity index (χ1) is 7.26. The zero-order valence-corrected chi connectivity index (χ0v) is 9.35. The fraction of sp³-hybridized carbons (Fsp3) is 0.364. The molecular weight excluding hydrogens is 211 g/mol. The van der Waals surface area contributed by atoms with Gasteiger partial charge in [0.1, 0.15) is 11.9 Å². The van der Waals surface area contributed by atoms with E-state index in [0.717, 1.165) is 12.2 Å². The van der Waals surface area contributed by atoms with Gasteiger partial charge in [-0.05, 0) is 36.6 Å². The molecule has 0 spiro atoms.